The molecular weight excluding hydrogens is 452 g/mol. The summed E-state index contributed by atoms with van der Waals surface area (Å²) in [5.41, 5.74) is 4.92. The molecule has 0 amide bonds. The maximum absolute atomic E-state index is 13.0. The van der Waals surface area contributed by atoms with Crippen molar-refractivity contribution in [3.05, 3.63) is 89.6 Å². The van der Waals surface area contributed by atoms with E-state index in [0.717, 1.165) is 27.9 Å². The van der Waals surface area contributed by atoms with Crippen molar-refractivity contribution in [2.75, 3.05) is 6.61 Å². The third-order valence-corrected chi connectivity index (χ3v) is 5.79. The van der Waals surface area contributed by atoms with Crippen molar-refractivity contribution in [3.63, 3.8) is 0 Å². The van der Waals surface area contributed by atoms with Crippen LogP contribution < -0.4 is 5.32 Å². The lowest BCUT2D eigenvalue weighted by Gasteiger charge is -2.25. The third kappa shape index (κ3) is 8.31. The standard InChI is InChI=1S/C30H36N2O4/c1-5-35-29(33)28(19-23-11-13-25(14-12-23)26-18-22(4)15-16-31-26)32-27(17-21(2)3)30(34)36-20-24-9-7-6-8-10-24/h6-16,18,21,27-28,32H,5,17,19-20H2,1-4H3/t27-,28?/m0/s1. The van der Waals surface area contributed by atoms with Gasteiger partial charge in [0.05, 0.1) is 12.3 Å². The van der Waals surface area contributed by atoms with Gasteiger partial charge < -0.3 is 9.47 Å². The number of carbonyl (C=O) groups excluding carboxylic acids is 2. The quantitative estimate of drug-likeness (QED) is 0.350. The van der Waals surface area contributed by atoms with E-state index in [0.29, 0.717) is 12.8 Å². The van der Waals surface area contributed by atoms with Crippen LogP contribution in [0.25, 0.3) is 11.3 Å². The van der Waals surface area contributed by atoms with Crippen LogP contribution in [-0.2, 0) is 32.1 Å². The maximum Gasteiger partial charge on any atom is 0.323 e. The van der Waals surface area contributed by atoms with E-state index in [2.05, 4.69) is 10.3 Å². The van der Waals surface area contributed by atoms with Crippen molar-refractivity contribution >= 4 is 11.9 Å². The van der Waals surface area contributed by atoms with Crippen molar-refractivity contribution in [1.29, 1.82) is 0 Å². The monoisotopic (exact) mass is 488 g/mol. The second-order valence-corrected chi connectivity index (χ2v) is 9.37. The van der Waals surface area contributed by atoms with Gasteiger partial charge in [-0.15, -0.1) is 0 Å². The van der Waals surface area contributed by atoms with E-state index in [-0.39, 0.29) is 31.1 Å². The molecule has 2 aromatic carbocycles. The predicted octanol–water partition coefficient (Wildman–Crippen LogP) is 5.28. The minimum absolute atomic E-state index is 0.189. The lowest BCUT2D eigenvalue weighted by atomic mass is 9.99. The Labute approximate surface area is 214 Å². The zero-order valence-corrected chi connectivity index (χ0v) is 21.6. The van der Waals surface area contributed by atoms with Gasteiger partial charge in [0.2, 0.25) is 0 Å². The molecule has 6 heteroatoms. The molecule has 2 atom stereocenters. The van der Waals surface area contributed by atoms with E-state index in [4.69, 9.17) is 9.47 Å². The fraction of sp³-hybridized carbons (Fsp3) is 0.367. The fourth-order valence-electron chi connectivity index (χ4n) is 3.97. The van der Waals surface area contributed by atoms with Crippen LogP contribution >= 0.6 is 0 Å². The molecular formula is C30H36N2O4. The number of carbonyl (C=O) groups is 2. The molecule has 0 bridgehead atoms. The first kappa shape index (κ1) is 27.1. The Balaban J connectivity index is 1.73. The third-order valence-electron chi connectivity index (χ3n) is 5.79. The highest BCUT2D eigenvalue weighted by molar-refractivity contribution is 5.80. The summed E-state index contributed by atoms with van der Waals surface area (Å²) in [5, 5.41) is 3.25. The number of rotatable bonds is 12. The van der Waals surface area contributed by atoms with E-state index in [1.807, 2.05) is 87.5 Å². The summed E-state index contributed by atoms with van der Waals surface area (Å²) in [5.74, 6) is -0.523. The van der Waals surface area contributed by atoms with Crippen LogP contribution in [0.15, 0.2) is 72.9 Å². The Bertz CT molecular complexity index is 1110. The summed E-state index contributed by atoms with van der Waals surface area (Å²) in [6, 6.07) is 20.2. The molecule has 3 rings (SSSR count). The Morgan fingerprint density at radius 3 is 2.22 bits per heavy atom. The Hall–Kier alpha value is -3.51. The number of hydrogen-bond donors (Lipinski definition) is 1. The van der Waals surface area contributed by atoms with Gasteiger partial charge in [-0.05, 0) is 61.4 Å². The molecule has 0 saturated heterocycles. The number of nitrogens with zero attached hydrogens (tertiary/aromatic N) is 1. The molecule has 0 aliphatic carbocycles. The SMILES string of the molecule is CCOC(=O)C(Cc1ccc(-c2cc(C)ccn2)cc1)N[C@@H](CC(C)C)C(=O)OCc1ccccc1. The van der Waals surface area contributed by atoms with E-state index in [9.17, 15) is 9.59 Å². The summed E-state index contributed by atoms with van der Waals surface area (Å²) in [4.78, 5) is 30.3. The molecule has 0 spiro atoms. The number of hydrogen-bond acceptors (Lipinski definition) is 6. The number of aryl methyl sites for hydroxylation is 1. The topological polar surface area (TPSA) is 77.5 Å². The number of ether oxygens (including phenoxy) is 2. The maximum atomic E-state index is 13.0. The van der Waals surface area contributed by atoms with Gasteiger partial charge in [-0.1, -0.05) is 68.4 Å². The van der Waals surface area contributed by atoms with Crippen molar-refractivity contribution in [2.24, 2.45) is 5.92 Å². The van der Waals surface area contributed by atoms with Crippen molar-refractivity contribution in [2.45, 2.75) is 59.2 Å². The average molecular weight is 489 g/mol. The summed E-state index contributed by atoms with van der Waals surface area (Å²) in [6.45, 7) is 8.34. The molecule has 0 aliphatic heterocycles. The highest BCUT2D eigenvalue weighted by Crippen LogP contribution is 2.20. The Morgan fingerprint density at radius 2 is 1.58 bits per heavy atom. The molecule has 36 heavy (non-hydrogen) atoms. The molecule has 0 saturated carbocycles. The number of esters is 2. The molecule has 0 aliphatic rings. The number of nitrogens with one attached hydrogen (secondary N) is 1. The van der Waals surface area contributed by atoms with Crippen LogP contribution in [0.2, 0.25) is 0 Å². The van der Waals surface area contributed by atoms with E-state index < -0.39 is 12.1 Å². The Morgan fingerprint density at radius 1 is 0.889 bits per heavy atom. The normalized spacial score (nSPS) is 12.7. The lowest BCUT2D eigenvalue weighted by molar-refractivity contribution is -0.150. The Kier molecular flexibility index (Phi) is 10.2. The van der Waals surface area contributed by atoms with Crippen LogP contribution in [-0.4, -0.2) is 35.6 Å². The smallest absolute Gasteiger partial charge is 0.323 e. The molecule has 190 valence electrons. The van der Waals surface area contributed by atoms with Gasteiger partial charge in [-0.2, -0.15) is 0 Å². The van der Waals surface area contributed by atoms with Crippen molar-refractivity contribution < 1.29 is 19.1 Å². The first-order valence-corrected chi connectivity index (χ1v) is 12.5. The van der Waals surface area contributed by atoms with Gasteiger partial charge in [0.25, 0.3) is 0 Å². The van der Waals surface area contributed by atoms with E-state index in [1.54, 1.807) is 13.1 Å². The average Bonchev–Trinajstić information content (AvgIpc) is 2.87. The highest BCUT2D eigenvalue weighted by atomic mass is 16.5. The second-order valence-electron chi connectivity index (χ2n) is 9.37. The molecule has 1 N–H and O–H groups in total. The van der Waals surface area contributed by atoms with E-state index >= 15 is 0 Å². The minimum atomic E-state index is -0.680. The predicted molar refractivity (Wildman–Crippen MR) is 141 cm³/mol. The molecule has 0 fully saturated rings. The largest absolute Gasteiger partial charge is 0.465 e. The van der Waals surface area contributed by atoms with Crippen LogP contribution in [0.1, 0.15) is 43.9 Å². The van der Waals surface area contributed by atoms with Crippen LogP contribution in [0.5, 0.6) is 0 Å². The first-order chi connectivity index (χ1) is 17.4. The first-order valence-electron chi connectivity index (χ1n) is 12.5. The summed E-state index contributed by atoms with van der Waals surface area (Å²) >= 11 is 0. The zero-order chi connectivity index (χ0) is 25.9. The van der Waals surface area contributed by atoms with Gasteiger partial charge in [0.1, 0.15) is 18.7 Å². The van der Waals surface area contributed by atoms with Gasteiger partial charge in [-0.3, -0.25) is 19.9 Å². The summed E-state index contributed by atoms with van der Waals surface area (Å²) in [7, 11) is 0. The van der Waals surface area contributed by atoms with E-state index in [1.165, 1.54) is 0 Å². The molecule has 1 heterocycles. The van der Waals surface area contributed by atoms with Gasteiger partial charge in [0.15, 0.2) is 0 Å². The fourth-order valence-corrected chi connectivity index (χ4v) is 3.97. The highest BCUT2D eigenvalue weighted by Gasteiger charge is 2.29. The van der Waals surface area contributed by atoms with Gasteiger partial charge in [0, 0.05) is 11.8 Å². The van der Waals surface area contributed by atoms with Crippen LogP contribution in [0.3, 0.4) is 0 Å². The van der Waals surface area contributed by atoms with Gasteiger partial charge in [-0.25, -0.2) is 0 Å². The molecule has 3 aromatic rings. The lowest BCUT2D eigenvalue weighted by Crippen LogP contribution is -2.50. The van der Waals surface area contributed by atoms with Gasteiger partial charge >= 0.3 is 11.9 Å². The molecule has 6 nitrogen and oxygen atoms in total. The number of benzene rings is 2. The summed E-state index contributed by atoms with van der Waals surface area (Å²) < 4.78 is 10.9. The molecule has 1 unspecified atom stereocenters. The number of aromatic nitrogens is 1. The minimum Gasteiger partial charge on any atom is -0.465 e. The number of pyridine rings is 1. The van der Waals surface area contributed by atoms with Crippen molar-refractivity contribution in [3.8, 4) is 11.3 Å². The van der Waals surface area contributed by atoms with Crippen LogP contribution in [0.4, 0.5) is 0 Å². The second kappa shape index (κ2) is 13.5. The molecule has 1 aromatic heterocycles. The molecule has 0 radical (unpaired) electrons. The zero-order valence-electron chi connectivity index (χ0n) is 21.6. The van der Waals surface area contributed by atoms with Crippen molar-refractivity contribution in [1.82, 2.24) is 10.3 Å². The van der Waals surface area contributed by atoms with Crippen LogP contribution in [0, 0.1) is 12.8 Å². The summed E-state index contributed by atoms with van der Waals surface area (Å²) in [6.07, 6.45) is 2.73.